The summed E-state index contributed by atoms with van der Waals surface area (Å²) in [7, 11) is 1.64. The average Bonchev–Trinajstić information content (AvgIpc) is 3.01. The van der Waals surface area contributed by atoms with Crippen molar-refractivity contribution < 1.29 is 13.9 Å². The largest absolute Gasteiger partial charge is 0.465 e. The normalized spacial score (nSPS) is 12.5. The second-order valence-corrected chi connectivity index (χ2v) is 4.67. The van der Waals surface area contributed by atoms with Crippen molar-refractivity contribution in [1.82, 2.24) is 5.32 Å². The molecule has 1 atom stereocenters. The maximum absolute atomic E-state index is 11.8. The highest BCUT2D eigenvalue weighted by Gasteiger charge is 2.13. The first-order valence-corrected chi connectivity index (χ1v) is 6.78. The maximum atomic E-state index is 11.8. The van der Waals surface area contributed by atoms with Crippen LogP contribution in [0.25, 0.3) is 6.08 Å². The summed E-state index contributed by atoms with van der Waals surface area (Å²) in [6.07, 6.45) is 4.48. The number of hydrogen-bond acceptors (Lipinski definition) is 3. The fraction of sp³-hybridized carbons (Fsp3) is 0.235. The molecule has 0 spiro atoms. The minimum Gasteiger partial charge on any atom is -0.465 e. The number of carbonyl (C=O) groups is 1. The number of rotatable bonds is 6. The van der Waals surface area contributed by atoms with Crippen LogP contribution in [0.2, 0.25) is 0 Å². The Kier molecular flexibility index (Phi) is 5.35. The topological polar surface area (TPSA) is 51.5 Å². The van der Waals surface area contributed by atoms with Gasteiger partial charge in [0.2, 0.25) is 5.91 Å². The molecule has 21 heavy (non-hydrogen) atoms. The van der Waals surface area contributed by atoms with Crippen molar-refractivity contribution in [1.29, 1.82) is 0 Å². The zero-order chi connectivity index (χ0) is 15.1. The third-order valence-corrected chi connectivity index (χ3v) is 3.22. The standard InChI is InChI=1S/C17H19NO3/c1-13-6-3-4-8-15(13)16(20-2)12-18-17(19)10-9-14-7-5-11-21-14/h3-11,16H,12H2,1-2H3,(H,18,19). The molecular formula is C17H19NO3. The summed E-state index contributed by atoms with van der Waals surface area (Å²) in [6, 6.07) is 11.5. The molecule has 0 fully saturated rings. The molecule has 2 aromatic rings. The van der Waals surface area contributed by atoms with Gasteiger partial charge in [-0.15, -0.1) is 0 Å². The quantitative estimate of drug-likeness (QED) is 0.830. The molecule has 4 heteroatoms. The molecule has 0 aliphatic heterocycles. The highest BCUT2D eigenvalue weighted by atomic mass is 16.5. The minimum atomic E-state index is -0.179. The first kappa shape index (κ1) is 15.1. The van der Waals surface area contributed by atoms with Crippen LogP contribution in [0, 0.1) is 6.92 Å². The third-order valence-electron chi connectivity index (χ3n) is 3.22. The highest BCUT2D eigenvalue weighted by molar-refractivity contribution is 5.91. The Morgan fingerprint density at radius 2 is 2.14 bits per heavy atom. The van der Waals surface area contributed by atoms with Gasteiger partial charge in [-0.3, -0.25) is 4.79 Å². The molecule has 110 valence electrons. The first-order valence-electron chi connectivity index (χ1n) is 6.78. The molecule has 0 saturated carbocycles. The summed E-state index contributed by atoms with van der Waals surface area (Å²) in [5.41, 5.74) is 2.22. The van der Waals surface area contributed by atoms with Crippen molar-refractivity contribution in [3.8, 4) is 0 Å². The van der Waals surface area contributed by atoms with Gasteiger partial charge in [-0.2, -0.15) is 0 Å². The van der Waals surface area contributed by atoms with Crippen molar-refractivity contribution in [3.05, 3.63) is 65.6 Å². The Bertz CT molecular complexity index is 602. The van der Waals surface area contributed by atoms with Gasteiger partial charge in [0.1, 0.15) is 5.76 Å². The van der Waals surface area contributed by atoms with Gasteiger partial charge in [0.15, 0.2) is 0 Å². The van der Waals surface area contributed by atoms with Gasteiger partial charge < -0.3 is 14.5 Å². The zero-order valence-electron chi connectivity index (χ0n) is 12.2. The third kappa shape index (κ3) is 4.33. The summed E-state index contributed by atoms with van der Waals surface area (Å²) in [4.78, 5) is 11.8. The molecule has 0 aliphatic rings. The number of benzene rings is 1. The summed E-state index contributed by atoms with van der Waals surface area (Å²) >= 11 is 0. The maximum Gasteiger partial charge on any atom is 0.244 e. The van der Waals surface area contributed by atoms with Crippen molar-refractivity contribution in [3.63, 3.8) is 0 Å². The Morgan fingerprint density at radius 1 is 1.33 bits per heavy atom. The Morgan fingerprint density at radius 3 is 2.81 bits per heavy atom. The molecular weight excluding hydrogens is 266 g/mol. The second-order valence-electron chi connectivity index (χ2n) is 4.67. The summed E-state index contributed by atoms with van der Waals surface area (Å²) < 4.78 is 10.6. The number of carbonyl (C=O) groups excluding carboxylic acids is 1. The van der Waals surface area contributed by atoms with E-state index < -0.39 is 0 Å². The highest BCUT2D eigenvalue weighted by Crippen LogP contribution is 2.19. The van der Waals surface area contributed by atoms with E-state index in [1.54, 1.807) is 31.6 Å². The Labute approximate surface area is 124 Å². The second kappa shape index (κ2) is 7.45. The van der Waals surface area contributed by atoms with Gasteiger partial charge in [-0.25, -0.2) is 0 Å². The van der Waals surface area contributed by atoms with E-state index in [1.807, 2.05) is 31.2 Å². The smallest absolute Gasteiger partial charge is 0.244 e. The van der Waals surface area contributed by atoms with Crippen LogP contribution < -0.4 is 5.32 Å². The molecule has 0 bridgehead atoms. The molecule has 0 saturated heterocycles. The van der Waals surface area contributed by atoms with Gasteiger partial charge in [0.05, 0.1) is 12.4 Å². The minimum absolute atomic E-state index is 0.160. The molecule has 0 aliphatic carbocycles. The fourth-order valence-corrected chi connectivity index (χ4v) is 2.06. The van der Waals surface area contributed by atoms with Gasteiger partial charge in [-0.1, -0.05) is 24.3 Å². The number of nitrogens with one attached hydrogen (secondary N) is 1. The van der Waals surface area contributed by atoms with Crippen molar-refractivity contribution in [2.45, 2.75) is 13.0 Å². The van der Waals surface area contributed by atoms with Gasteiger partial charge >= 0.3 is 0 Å². The molecule has 1 aromatic heterocycles. The van der Waals surface area contributed by atoms with E-state index >= 15 is 0 Å². The zero-order valence-corrected chi connectivity index (χ0v) is 12.2. The van der Waals surface area contributed by atoms with Crippen LogP contribution in [0.4, 0.5) is 0 Å². The predicted molar refractivity (Wildman–Crippen MR) is 81.7 cm³/mol. The molecule has 1 N–H and O–H groups in total. The molecule has 1 unspecified atom stereocenters. The molecule has 4 nitrogen and oxygen atoms in total. The van der Waals surface area contributed by atoms with Crippen LogP contribution in [-0.4, -0.2) is 19.6 Å². The van der Waals surface area contributed by atoms with Crippen molar-refractivity contribution >= 4 is 12.0 Å². The molecule has 1 amide bonds. The lowest BCUT2D eigenvalue weighted by Crippen LogP contribution is -2.27. The number of methoxy groups -OCH3 is 1. The summed E-state index contributed by atoms with van der Waals surface area (Å²) in [5.74, 6) is 0.467. The van der Waals surface area contributed by atoms with Crippen LogP contribution in [-0.2, 0) is 9.53 Å². The Balaban J connectivity index is 1.91. The lowest BCUT2D eigenvalue weighted by atomic mass is 10.0. The van der Waals surface area contributed by atoms with Gasteiger partial charge in [-0.05, 0) is 36.3 Å². The van der Waals surface area contributed by atoms with Crippen molar-refractivity contribution in [2.24, 2.45) is 0 Å². The number of aryl methyl sites for hydroxylation is 1. The average molecular weight is 285 g/mol. The summed E-state index contributed by atoms with van der Waals surface area (Å²) in [6.45, 7) is 2.45. The van der Waals surface area contributed by atoms with E-state index in [-0.39, 0.29) is 12.0 Å². The summed E-state index contributed by atoms with van der Waals surface area (Å²) in [5, 5.41) is 2.83. The van der Waals surface area contributed by atoms with Crippen LogP contribution in [0.5, 0.6) is 0 Å². The van der Waals surface area contributed by atoms with Gasteiger partial charge in [0, 0.05) is 19.7 Å². The van der Waals surface area contributed by atoms with Crippen LogP contribution >= 0.6 is 0 Å². The Hall–Kier alpha value is -2.33. The van der Waals surface area contributed by atoms with E-state index in [1.165, 1.54) is 6.08 Å². The van der Waals surface area contributed by atoms with E-state index in [0.717, 1.165) is 11.1 Å². The van der Waals surface area contributed by atoms with E-state index in [4.69, 9.17) is 9.15 Å². The van der Waals surface area contributed by atoms with Crippen LogP contribution in [0.3, 0.4) is 0 Å². The molecule has 0 radical (unpaired) electrons. The van der Waals surface area contributed by atoms with E-state index in [0.29, 0.717) is 12.3 Å². The molecule has 2 rings (SSSR count). The van der Waals surface area contributed by atoms with Crippen LogP contribution in [0.1, 0.15) is 23.0 Å². The molecule has 1 aromatic carbocycles. The SMILES string of the molecule is COC(CNC(=O)C=Cc1ccco1)c1ccccc1C. The first-order chi connectivity index (χ1) is 10.2. The van der Waals surface area contributed by atoms with E-state index in [2.05, 4.69) is 5.32 Å². The lowest BCUT2D eigenvalue weighted by Gasteiger charge is -2.18. The molecule has 1 heterocycles. The number of amides is 1. The number of hydrogen-bond donors (Lipinski definition) is 1. The van der Waals surface area contributed by atoms with Crippen molar-refractivity contribution in [2.75, 3.05) is 13.7 Å². The predicted octanol–water partition coefficient (Wildman–Crippen LogP) is 3.11. The monoisotopic (exact) mass is 285 g/mol. The fourth-order valence-electron chi connectivity index (χ4n) is 2.06. The number of furan rings is 1. The van der Waals surface area contributed by atoms with E-state index in [9.17, 15) is 4.79 Å². The van der Waals surface area contributed by atoms with Crippen LogP contribution in [0.15, 0.2) is 53.2 Å². The van der Waals surface area contributed by atoms with Gasteiger partial charge in [0.25, 0.3) is 0 Å². The number of ether oxygens (including phenoxy) is 1. The lowest BCUT2D eigenvalue weighted by molar-refractivity contribution is -0.117.